The van der Waals surface area contributed by atoms with E-state index in [9.17, 15) is 9.18 Å². The number of halogens is 2. The lowest BCUT2D eigenvalue weighted by molar-refractivity contribution is 0.0949. The van der Waals surface area contributed by atoms with Crippen LogP contribution in [0.4, 0.5) is 10.2 Å². The molecule has 0 atom stereocenters. The Kier molecular flexibility index (Phi) is 5.11. The largest absolute Gasteiger partial charge is 0.373 e. The Balaban J connectivity index is 1.98. The highest BCUT2D eigenvalue weighted by atomic mass is 35.5. The van der Waals surface area contributed by atoms with Crippen LogP contribution in [-0.2, 0) is 6.42 Å². The van der Waals surface area contributed by atoms with Gasteiger partial charge in [-0.25, -0.2) is 9.37 Å². The third-order valence-electron chi connectivity index (χ3n) is 2.95. The van der Waals surface area contributed by atoms with Crippen LogP contribution in [0.5, 0.6) is 0 Å². The van der Waals surface area contributed by atoms with Crippen molar-refractivity contribution in [3.05, 3.63) is 58.5 Å². The molecule has 0 aliphatic heterocycles. The molecule has 0 unspecified atom stereocenters. The molecule has 0 bridgehead atoms. The normalized spacial score (nSPS) is 10.2. The van der Waals surface area contributed by atoms with E-state index in [4.69, 9.17) is 11.6 Å². The number of hydrogen-bond donors (Lipinski definition) is 2. The smallest absolute Gasteiger partial charge is 0.271 e. The summed E-state index contributed by atoms with van der Waals surface area (Å²) < 4.78 is 13.4. The van der Waals surface area contributed by atoms with Gasteiger partial charge < -0.3 is 10.6 Å². The molecule has 4 nitrogen and oxygen atoms in total. The third-order valence-corrected chi connectivity index (χ3v) is 3.26. The molecule has 2 N–H and O–H groups in total. The van der Waals surface area contributed by atoms with E-state index in [1.165, 1.54) is 6.07 Å². The van der Waals surface area contributed by atoms with Gasteiger partial charge in [-0.2, -0.15) is 0 Å². The topological polar surface area (TPSA) is 54.0 Å². The summed E-state index contributed by atoms with van der Waals surface area (Å²) in [4.78, 5) is 16.1. The molecule has 2 aromatic rings. The highest BCUT2D eigenvalue weighted by molar-refractivity contribution is 6.33. The maximum atomic E-state index is 13.4. The zero-order valence-electron chi connectivity index (χ0n) is 11.5. The first kappa shape index (κ1) is 15.3. The van der Waals surface area contributed by atoms with Gasteiger partial charge in [-0.05, 0) is 30.2 Å². The summed E-state index contributed by atoms with van der Waals surface area (Å²) >= 11 is 5.96. The van der Waals surface area contributed by atoms with E-state index in [1.807, 2.05) is 0 Å². The molecule has 6 heteroatoms. The van der Waals surface area contributed by atoms with E-state index < -0.39 is 0 Å². The SMILES string of the molecule is CNc1ccc(Cl)c(C(=O)NCCc2ccccc2F)n1. The number of carbonyl (C=O) groups excluding carboxylic acids is 1. The fourth-order valence-electron chi connectivity index (χ4n) is 1.84. The number of benzene rings is 1. The number of anilines is 1. The lowest BCUT2D eigenvalue weighted by atomic mass is 10.1. The quantitative estimate of drug-likeness (QED) is 0.893. The number of nitrogens with zero attached hydrogens (tertiary/aromatic N) is 1. The lowest BCUT2D eigenvalue weighted by Crippen LogP contribution is -2.27. The van der Waals surface area contributed by atoms with Gasteiger partial charge in [0.2, 0.25) is 0 Å². The van der Waals surface area contributed by atoms with Gasteiger partial charge in [0, 0.05) is 13.6 Å². The molecule has 110 valence electrons. The van der Waals surface area contributed by atoms with Crippen LogP contribution in [0.1, 0.15) is 16.1 Å². The summed E-state index contributed by atoms with van der Waals surface area (Å²) in [6.07, 6.45) is 0.405. The number of carbonyl (C=O) groups is 1. The van der Waals surface area contributed by atoms with Crippen LogP contribution < -0.4 is 10.6 Å². The zero-order chi connectivity index (χ0) is 15.2. The Morgan fingerprint density at radius 2 is 2.05 bits per heavy atom. The van der Waals surface area contributed by atoms with Gasteiger partial charge in [0.25, 0.3) is 5.91 Å². The van der Waals surface area contributed by atoms with Crippen molar-refractivity contribution in [3.8, 4) is 0 Å². The molecule has 1 aromatic carbocycles. The van der Waals surface area contributed by atoms with Crippen molar-refractivity contribution in [2.75, 3.05) is 18.9 Å². The van der Waals surface area contributed by atoms with Crippen molar-refractivity contribution >= 4 is 23.3 Å². The molecule has 0 aliphatic carbocycles. The van der Waals surface area contributed by atoms with Crippen LogP contribution in [0.15, 0.2) is 36.4 Å². The van der Waals surface area contributed by atoms with Gasteiger partial charge in [-0.3, -0.25) is 4.79 Å². The second kappa shape index (κ2) is 7.04. The monoisotopic (exact) mass is 307 g/mol. The van der Waals surface area contributed by atoms with Crippen LogP contribution in [0.2, 0.25) is 5.02 Å². The van der Waals surface area contributed by atoms with E-state index >= 15 is 0 Å². The first-order valence-electron chi connectivity index (χ1n) is 6.47. The highest BCUT2D eigenvalue weighted by Crippen LogP contribution is 2.16. The van der Waals surface area contributed by atoms with Crippen molar-refractivity contribution < 1.29 is 9.18 Å². The standard InChI is InChI=1S/C15H15ClFN3O/c1-18-13-7-6-11(16)14(20-13)15(21)19-9-8-10-4-2-3-5-12(10)17/h2-7H,8-9H2,1H3,(H,18,20)(H,19,21). The number of nitrogens with one attached hydrogen (secondary N) is 2. The van der Waals surface area contributed by atoms with E-state index in [2.05, 4.69) is 15.6 Å². The molecule has 1 aromatic heterocycles. The van der Waals surface area contributed by atoms with Crippen LogP contribution in [-0.4, -0.2) is 24.5 Å². The Morgan fingerprint density at radius 1 is 1.29 bits per heavy atom. The first-order chi connectivity index (χ1) is 10.1. The maximum absolute atomic E-state index is 13.4. The second-order valence-corrected chi connectivity index (χ2v) is 4.78. The van der Waals surface area contributed by atoms with Gasteiger partial charge in [0.1, 0.15) is 17.3 Å². The van der Waals surface area contributed by atoms with Crippen molar-refractivity contribution in [1.82, 2.24) is 10.3 Å². The minimum absolute atomic E-state index is 0.150. The first-order valence-corrected chi connectivity index (χ1v) is 6.85. The van der Waals surface area contributed by atoms with Crippen LogP contribution in [0, 0.1) is 5.82 Å². The van der Waals surface area contributed by atoms with Gasteiger partial charge in [0.15, 0.2) is 0 Å². The van der Waals surface area contributed by atoms with E-state index in [1.54, 1.807) is 37.4 Å². The van der Waals surface area contributed by atoms with Gasteiger partial charge in [0.05, 0.1) is 5.02 Å². The summed E-state index contributed by atoms with van der Waals surface area (Å²) in [6.45, 7) is 0.307. The van der Waals surface area contributed by atoms with Gasteiger partial charge in [-0.15, -0.1) is 0 Å². The highest BCUT2D eigenvalue weighted by Gasteiger charge is 2.12. The lowest BCUT2D eigenvalue weighted by Gasteiger charge is -2.08. The van der Waals surface area contributed by atoms with Crippen LogP contribution in [0.25, 0.3) is 0 Å². The molecule has 0 saturated carbocycles. The molecule has 1 heterocycles. The van der Waals surface area contributed by atoms with Crippen molar-refractivity contribution in [2.24, 2.45) is 0 Å². The Morgan fingerprint density at radius 3 is 2.76 bits per heavy atom. The summed E-state index contributed by atoms with van der Waals surface area (Å²) in [6, 6.07) is 9.75. The fourth-order valence-corrected chi connectivity index (χ4v) is 2.03. The average molecular weight is 308 g/mol. The molecule has 0 radical (unpaired) electrons. The zero-order valence-corrected chi connectivity index (χ0v) is 12.2. The summed E-state index contributed by atoms with van der Waals surface area (Å²) in [5, 5.41) is 5.80. The Labute approximate surface area is 127 Å². The predicted molar refractivity (Wildman–Crippen MR) is 81.2 cm³/mol. The predicted octanol–water partition coefficient (Wildman–Crippen LogP) is 2.89. The van der Waals surface area contributed by atoms with Crippen molar-refractivity contribution in [1.29, 1.82) is 0 Å². The fraction of sp³-hybridized carbons (Fsp3) is 0.200. The summed E-state index contributed by atoms with van der Waals surface area (Å²) in [5.41, 5.74) is 0.706. The summed E-state index contributed by atoms with van der Waals surface area (Å²) in [5.74, 6) is -0.104. The van der Waals surface area contributed by atoms with Crippen molar-refractivity contribution in [2.45, 2.75) is 6.42 Å². The van der Waals surface area contributed by atoms with E-state index in [-0.39, 0.29) is 22.4 Å². The van der Waals surface area contributed by atoms with Crippen LogP contribution in [0.3, 0.4) is 0 Å². The maximum Gasteiger partial charge on any atom is 0.271 e. The summed E-state index contributed by atoms with van der Waals surface area (Å²) in [7, 11) is 1.70. The number of pyridine rings is 1. The number of aromatic nitrogens is 1. The molecule has 1 amide bonds. The van der Waals surface area contributed by atoms with Crippen molar-refractivity contribution in [3.63, 3.8) is 0 Å². The molecule has 0 aliphatic rings. The average Bonchev–Trinajstić information content (AvgIpc) is 2.49. The Hall–Kier alpha value is -2.14. The minimum atomic E-state index is -0.381. The molecular formula is C15H15ClFN3O. The van der Waals surface area contributed by atoms with E-state index in [0.29, 0.717) is 24.3 Å². The molecule has 0 saturated heterocycles. The molecule has 2 rings (SSSR count). The number of amides is 1. The molecular weight excluding hydrogens is 293 g/mol. The molecule has 0 spiro atoms. The second-order valence-electron chi connectivity index (χ2n) is 4.37. The van der Waals surface area contributed by atoms with E-state index in [0.717, 1.165) is 0 Å². The minimum Gasteiger partial charge on any atom is -0.373 e. The van der Waals surface area contributed by atoms with Gasteiger partial charge >= 0.3 is 0 Å². The number of hydrogen-bond acceptors (Lipinski definition) is 3. The van der Waals surface area contributed by atoms with Crippen LogP contribution >= 0.6 is 11.6 Å². The molecule has 21 heavy (non-hydrogen) atoms. The third kappa shape index (κ3) is 3.92. The Bertz CT molecular complexity index is 649. The number of rotatable bonds is 5. The molecule has 0 fully saturated rings. The van der Waals surface area contributed by atoms with Gasteiger partial charge in [-0.1, -0.05) is 29.8 Å².